The van der Waals surface area contributed by atoms with Crippen LogP contribution >= 0.6 is 0 Å². The molecule has 0 saturated heterocycles. The van der Waals surface area contributed by atoms with Crippen LogP contribution < -0.4 is 5.32 Å². The number of amides is 2. The van der Waals surface area contributed by atoms with Gasteiger partial charge >= 0.3 is 12.0 Å². The molecule has 0 spiro atoms. The van der Waals surface area contributed by atoms with Crippen molar-refractivity contribution in [3.63, 3.8) is 0 Å². The van der Waals surface area contributed by atoms with E-state index >= 15 is 0 Å². The van der Waals surface area contributed by atoms with Crippen molar-refractivity contribution < 1.29 is 14.7 Å². The molecule has 0 rings (SSSR count). The fourth-order valence-corrected chi connectivity index (χ4v) is 1.65. The molecule has 112 valence electrons. The van der Waals surface area contributed by atoms with E-state index in [9.17, 15) is 9.59 Å². The van der Waals surface area contributed by atoms with Crippen molar-refractivity contribution in [2.75, 3.05) is 40.3 Å². The number of nitrogens with zero attached hydrogens (tertiary/aromatic N) is 2. The highest BCUT2D eigenvalue weighted by atomic mass is 16.4. The third-order valence-electron chi connectivity index (χ3n) is 2.72. The number of carbonyl (C=O) groups is 2. The maximum absolute atomic E-state index is 12.0. The highest BCUT2D eigenvalue weighted by Gasteiger charge is 2.14. The molecule has 2 N–H and O–H groups in total. The molecule has 0 aliphatic carbocycles. The molecule has 0 heterocycles. The molecule has 0 aromatic carbocycles. The van der Waals surface area contributed by atoms with Crippen LogP contribution in [0.15, 0.2) is 0 Å². The van der Waals surface area contributed by atoms with Gasteiger partial charge in [-0.2, -0.15) is 0 Å². The molecule has 0 fully saturated rings. The Labute approximate surface area is 115 Å². The first-order chi connectivity index (χ1) is 8.86. The van der Waals surface area contributed by atoms with Gasteiger partial charge in [0.1, 0.15) is 0 Å². The Balaban J connectivity index is 4.12. The van der Waals surface area contributed by atoms with Gasteiger partial charge in [-0.15, -0.1) is 0 Å². The van der Waals surface area contributed by atoms with Crippen molar-refractivity contribution in [1.29, 1.82) is 0 Å². The number of carboxylic acid groups (broad SMARTS) is 1. The summed E-state index contributed by atoms with van der Waals surface area (Å²) in [5, 5.41) is 11.5. The minimum absolute atomic E-state index is 0.0567. The van der Waals surface area contributed by atoms with E-state index in [-0.39, 0.29) is 18.4 Å². The molecular formula is C13H27N3O3. The quantitative estimate of drug-likeness (QED) is 0.659. The summed E-state index contributed by atoms with van der Waals surface area (Å²) < 4.78 is 0. The molecule has 2 amide bonds. The maximum Gasteiger partial charge on any atom is 0.317 e. The Bertz CT molecular complexity index is 282. The summed E-state index contributed by atoms with van der Waals surface area (Å²) in [7, 11) is 3.94. The van der Waals surface area contributed by atoms with E-state index in [1.165, 1.54) is 0 Å². The zero-order chi connectivity index (χ0) is 14.8. The topological polar surface area (TPSA) is 72.9 Å². The average Bonchev–Trinajstić information content (AvgIpc) is 2.30. The predicted molar refractivity (Wildman–Crippen MR) is 75.2 cm³/mol. The van der Waals surface area contributed by atoms with Gasteiger partial charge in [0, 0.05) is 32.6 Å². The second kappa shape index (κ2) is 9.61. The van der Waals surface area contributed by atoms with Crippen molar-refractivity contribution in [2.24, 2.45) is 5.92 Å². The van der Waals surface area contributed by atoms with Crippen LogP contribution in [0.4, 0.5) is 4.79 Å². The molecule has 1 atom stereocenters. The zero-order valence-corrected chi connectivity index (χ0v) is 12.5. The molecule has 19 heavy (non-hydrogen) atoms. The Morgan fingerprint density at radius 1 is 1.21 bits per heavy atom. The second-order valence-electron chi connectivity index (χ2n) is 5.18. The number of rotatable bonds is 9. The van der Waals surface area contributed by atoms with Crippen LogP contribution in [0.3, 0.4) is 0 Å². The number of carboxylic acids is 1. The van der Waals surface area contributed by atoms with E-state index in [2.05, 4.69) is 5.32 Å². The first-order valence-corrected chi connectivity index (χ1v) is 6.76. The van der Waals surface area contributed by atoms with Gasteiger partial charge in [-0.3, -0.25) is 4.79 Å². The highest BCUT2D eigenvalue weighted by Crippen LogP contribution is 2.00. The highest BCUT2D eigenvalue weighted by molar-refractivity contribution is 5.74. The third-order valence-corrected chi connectivity index (χ3v) is 2.72. The van der Waals surface area contributed by atoms with E-state index in [1.54, 1.807) is 4.90 Å². The van der Waals surface area contributed by atoms with Crippen LogP contribution in [0.2, 0.25) is 0 Å². The van der Waals surface area contributed by atoms with Gasteiger partial charge in [0.05, 0.1) is 0 Å². The Hall–Kier alpha value is -1.30. The van der Waals surface area contributed by atoms with Gasteiger partial charge in [0.25, 0.3) is 0 Å². The van der Waals surface area contributed by atoms with E-state index in [4.69, 9.17) is 5.11 Å². The van der Waals surface area contributed by atoms with Crippen LogP contribution in [0, 0.1) is 5.92 Å². The molecule has 0 aromatic heterocycles. The average molecular weight is 273 g/mol. The van der Waals surface area contributed by atoms with Crippen LogP contribution in [0.25, 0.3) is 0 Å². The lowest BCUT2D eigenvalue weighted by Crippen LogP contribution is -2.44. The molecule has 0 radical (unpaired) electrons. The Morgan fingerprint density at radius 3 is 2.32 bits per heavy atom. The summed E-state index contributed by atoms with van der Waals surface area (Å²) in [5.41, 5.74) is 0. The van der Waals surface area contributed by atoms with Gasteiger partial charge in [0.15, 0.2) is 0 Å². The van der Waals surface area contributed by atoms with Crippen LogP contribution in [-0.2, 0) is 4.79 Å². The number of carbonyl (C=O) groups excluding carboxylic acids is 1. The van der Waals surface area contributed by atoms with Crippen LogP contribution in [0.1, 0.15) is 26.7 Å². The standard InChI is InChI=1S/C13H27N3O3/c1-5-6-16(8-7-15(3)4)13(19)14-10-11(2)9-12(17)18/h11H,5-10H2,1-4H3,(H,14,19)(H,17,18). The number of likely N-dealkylation sites (N-methyl/N-ethyl adjacent to an activating group) is 1. The summed E-state index contributed by atoms with van der Waals surface area (Å²) in [5.74, 6) is -0.890. The lowest BCUT2D eigenvalue weighted by molar-refractivity contribution is -0.137. The number of aliphatic carboxylic acids is 1. The monoisotopic (exact) mass is 273 g/mol. The van der Waals surface area contributed by atoms with Gasteiger partial charge in [-0.25, -0.2) is 4.79 Å². The second-order valence-corrected chi connectivity index (χ2v) is 5.18. The molecule has 6 nitrogen and oxygen atoms in total. The molecule has 0 bridgehead atoms. The SMILES string of the molecule is CCCN(CCN(C)C)C(=O)NCC(C)CC(=O)O. The normalized spacial score (nSPS) is 12.3. The lowest BCUT2D eigenvalue weighted by Gasteiger charge is -2.25. The first-order valence-electron chi connectivity index (χ1n) is 6.76. The summed E-state index contributed by atoms with van der Waals surface area (Å²) in [6.07, 6.45) is 0.983. The maximum atomic E-state index is 12.0. The van der Waals surface area contributed by atoms with Crippen molar-refractivity contribution in [3.8, 4) is 0 Å². The molecule has 0 saturated carbocycles. The summed E-state index contributed by atoms with van der Waals surface area (Å²) >= 11 is 0. The van der Waals surface area contributed by atoms with Gasteiger partial charge in [-0.1, -0.05) is 13.8 Å². The molecule has 0 aliphatic heterocycles. The van der Waals surface area contributed by atoms with Crippen molar-refractivity contribution in [2.45, 2.75) is 26.7 Å². The van der Waals surface area contributed by atoms with Crippen LogP contribution in [-0.4, -0.2) is 67.2 Å². The van der Waals surface area contributed by atoms with E-state index in [0.29, 0.717) is 19.6 Å². The Morgan fingerprint density at radius 2 is 1.84 bits per heavy atom. The van der Waals surface area contributed by atoms with Crippen molar-refractivity contribution in [3.05, 3.63) is 0 Å². The number of urea groups is 1. The fraction of sp³-hybridized carbons (Fsp3) is 0.846. The summed E-state index contributed by atoms with van der Waals surface area (Å²) in [4.78, 5) is 26.3. The molecule has 1 unspecified atom stereocenters. The predicted octanol–water partition coefficient (Wildman–Crippen LogP) is 1.08. The third kappa shape index (κ3) is 9.30. The van der Waals surface area contributed by atoms with Gasteiger partial charge in [0.2, 0.25) is 0 Å². The fourth-order valence-electron chi connectivity index (χ4n) is 1.65. The number of nitrogens with one attached hydrogen (secondary N) is 1. The van der Waals surface area contributed by atoms with Crippen LogP contribution in [0.5, 0.6) is 0 Å². The van der Waals surface area contributed by atoms with Gasteiger partial charge in [-0.05, 0) is 26.4 Å². The molecule has 6 heteroatoms. The van der Waals surface area contributed by atoms with Gasteiger partial charge < -0.3 is 20.2 Å². The first kappa shape index (κ1) is 17.7. The van der Waals surface area contributed by atoms with E-state index < -0.39 is 5.97 Å². The van der Waals surface area contributed by atoms with Crippen molar-refractivity contribution >= 4 is 12.0 Å². The molecular weight excluding hydrogens is 246 g/mol. The largest absolute Gasteiger partial charge is 0.481 e. The molecule has 0 aliphatic rings. The lowest BCUT2D eigenvalue weighted by atomic mass is 10.1. The zero-order valence-electron chi connectivity index (χ0n) is 12.5. The minimum atomic E-state index is -0.834. The number of hydrogen-bond donors (Lipinski definition) is 2. The summed E-state index contributed by atoms with van der Waals surface area (Å²) in [6.45, 7) is 6.46. The minimum Gasteiger partial charge on any atom is -0.481 e. The number of hydrogen-bond acceptors (Lipinski definition) is 3. The molecule has 0 aromatic rings. The van der Waals surface area contributed by atoms with Crippen molar-refractivity contribution in [1.82, 2.24) is 15.1 Å². The Kier molecular flexibility index (Phi) is 8.95. The smallest absolute Gasteiger partial charge is 0.317 e. The van der Waals surface area contributed by atoms with E-state index in [1.807, 2.05) is 32.8 Å². The summed E-state index contributed by atoms with van der Waals surface area (Å²) in [6, 6.07) is -0.110. The van der Waals surface area contributed by atoms with E-state index in [0.717, 1.165) is 13.0 Å².